The molecule has 0 saturated carbocycles. The molecule has 134 valence electrons. The van der Waals surface area contributed by atoms with Crippen LogP contribution < -0.4 is 0 Å². The maximum Gasteiger partial charge on any atom is 0.137 e. The monoisotopic (exact) mass is 340 g/mol. The molecule has 2 unspecified atom stereocenters. The van der Waals surface area contributed by atoms with Gasteiger partial charge in [0.05, 0.1) is 12.2 Å². The number of morpholine rings is 1. The third kappa shape index (κ3) is 3.78. The van der Waals surface area contributed by atoms with Gasteiger partial charge in [0.2, 0.25) is 0 Å². The van der Waals surface area contributed by atoms with Crippen LogP contribution in [0, 0.1) is 0 Å². The van der Waals surface area contributed by atoms with Crippen molar-refractivity contribution >= 4 is 16.6 Å². The Labute approximate surface area is 149 Å². The lowest BCUT2D eigenvalue weighted by Crippen LogP contribution is -2.48. The van der Waals surface area contributed by atoms with Gasteiger partial charge >= 0.3 is 0 Å². The Bertz CT molecular complexity index is 743. The van der Waals surface area contributed by atoms with Gasteiger partial charge in [0.15, 0.2) is 0 Å². The van der Waals surface area contributed by atoms with Gasteiger partial charge in [-0.25, -0.2) is 4.98 Å². The van der Waals surface area contributed by atoms with Gasteiger partial charge in [-0.05, 0) is 38.0 Å². The zero-order chi connectivity index (χ0) is 17.2. The zero-order valence-corrected chi connectivity index (χ0v) is 15.2. The van der Waals surface area contributed by atoms with Crippen LogP contribution in [-0.4, -0.2) is 71.2 Å². The number of ether oxygens (including phenoxy) is 1. The van der Waals surface area contributed by atoms with E-state index in [1.807, 2.05) is 12.3 Å². The molecule has 25 heavy (non-hydrogen) atoms. The van der Waals surface area contributed by atoms with Crippen LogP contribution in [0.25, 0.3) is 16.6 Å². The van der Waals surface area contributed by atoms with E-state index in [4.69, 9.17) is 4.74 Å². The van der Waals surface area contributed by atoms with Gasteiger partial charge in [-0.2, -0.15) is 0 Å². The SMILES string of the molecule is CC1CN(CCN2CC=C(c3c[nH]c4ncccc34)CC2)CC(C)O1. The van der Waals surface area contributed by atoms with Crippen LogP contribution in [0.4, 0.5) is 0 Å². The lowest BCUT2D eigenvalue weighted by Gasteiger charge is -2.36. The number of pyridine rings is 1. The first-order valence-electron chi connectivity index (χ1n) is 9.40. The lowest BCUT2D eigenvalue weighted by atomic mass is 9.99. The van der Waals surface area contributed by atoms with Crippen molar-refractivity contribution < 1.29 is 4.74 Å². The molecule has 2 aliphatic heterocycles. The Morgan fingerprint density at radius 1 is 1.20 bits per heavy atom. The van der Waals surface area contributed by atoms with Gasteiger partial charge in [-0.1, -0.05) is 6.08 Å². The van der Waals surface area contributed by atoms with Crippen molar-refractivity contribution in [1.82, 2.24) is 19.8 Å². The number of nitrogens with one attached hydrogen (secondary N) is 1. The molecule has 0 aliphatic carbocycles. The largest absolute Gasteiger partial charge is 0.373 e. The maximum atomic E-state index is 5.83. The number of fused-ring (bicyclic) bond motifs is 1. The molecule has 5 heteroatoms. The van der Waals surface area contributed by atoms with Crippen molar-refractivity contribution in [3.63, 3.8) is 0 Å². The predicted octanol–water partition coefficient (Wildman–Crippen LogP) is 2.76. The van der Waals surface area contributed by atoms with Gasteiger partial charge < -0.3 is 9.72 Å². The third-order valence-electron chi connectivity index (χ3n) is 5.32. The second kappa shape index (κ2) is 7.28. The minimum Gasteiger partial charge on any atom is -0.373 e. The topological polar surface area (TPSA) is 44.4 Å². The molecule has 4 rings (SSSR count). The van der Waals surface area contributed by atoms with Crippen molar-refractivity contribution in [2.45, 2.75) is 32.5 Å². The minimum atomic E-state index is 0.354. The van der Waals surface area contributed by atoms with Crippen molar-refractivity contribution in [3.8, 4) is 0 Å². The Morgan fingerprint density at radius 2 is 2.00 bits per heavy atom. The maximum absolute atomic E-state index is 5.83. The molecule has 1 saturated heterocycles. The highest BCUT2D eigenvalue weighted by molar-refractivity contribution is 5.90. The number of aromatic nitrogens is 2. The Kier molecular flexibility index (Phi) is 4.88. The fourth-order valence-corrected chi connectivity index (χ4v) is 4.13. The summed E-state index contributed by atoms with van der Waals surface area (Å²) in [6, 6.07) is 4.17. The van der Waals surface area contributed by atoms with Crippen LogP contribution in [-0.2, 0) is 4.74 Å². The summed E-state index contributed by atoms with van der Waals surface area (Å²) >= 11 is 0. The van der Waals surface area contributed by atoms with E-state index in [1.165, 1.54) is 16.5 Å². The first-order chi connectivity index (χ1) is 12.2. The summed E-state index contributed by atoms with van der Waals surface area (Å²) in [4.78, 5) is 12.8. The summed E-state index contributed by atoms with van der Waals surface area (Å²) in [5.74, 6) is 0. The van der Waals surface area contributed by atoms with Crippen molar-refractivity contribution in [3.05, 3.63) is 36.2 Å². The van der Waals surface area contributed by atoms with Crippen molar-refractivity contribution in [2.75, 3.05) is 39.3 Å². The first kappa shape index (κ1) is 16.8. The molecule has 2 atom stereocenters. The number of aromatic amines is 1. The van der Waals surface area contributed by atoms with Gasteiger partial charge in [-0.15, -0.1) is 0 Å². The zero-order valence-electron chi connectivity index (χ0n) is 15.2. The van der Waals surface area contributed by atoms with Crippen LogP contribution in [0.5, 0.6) is 0 Å². The van der Waals surface area contributed by atoms with Gasteiger partial charge in [-0.3, -0.25) is 9.80 Å². The molecule has 2 aliphatic rings. The average Bonchev–Trinajstić information content (AvgIpc) is 3.04. The molecule has 0 amide bonds. The van der Waals surface area contributed by atoms with Crippen LogP contribution in [0.1, 0.15) is 25.8 Å². The molecule has 1 fully saturated rings. The van der Waals surface area contributed by atoms with Crippen LogP contribution in [0.15, 0.2) is 30.6 Å². The lowest BCUT2D eigenvalue weighted by molar-refractivity contribution is -0.0692. The average molecular weight is 340 g/mol. The van der Waals surface area contributed by atoms with Gasteiger partial charge in [0.25, 0.3) is 0 Å². The van der Waals surface area contributed by atoms with E-state index in [1.54, 1.807) is 0 Å². The summed E-state index contributed by atoms with van der Waals surface area (Å²) < 4.78 is 5.83. The predicted molar refractivity (Wildman–Crippen MR) is 102 cm³/mol. The molecular weight excluding hydrogens is 312 g/mol. The van der Waals surface area contributed by atoms with E-state index in [9.17, 15) is 0 Å². The Balaban J connectivity index is 1.34. The molecule has 5 nitrogen and oxygen atoms in total. The van der Waals surface area contributed by atoms with Crippen LogP contribution in [0.3, 0.4) is 0 Å². The van der Waals surface area contributed by atoms with E-state index in [0.29, 0.717) is 12.2 Å². The molecule has 0 spiro atoms. The molecular formula is C20H28N4O. The molecule has 0 aromatic carbocycles. The summed E-state index contributed by atoms with van der Waals surface area (Å²) in [7, 11) is 0. The van der Waals surface area contributed by atoms with E-state index in [-0.39, 0.29) is 0 Å². The highest BCUT2D eigenvalue weighted by Gasteiger charge is 2.23. The first-order valence-corrected chi connectivity index (χ1v) is 9.40. The van der Waals surface area contributed by atoms with E-state index in [0.717, 1.165) is 51.3 Å². The number of rotatable bonds is 4. The third-order valence-corrected chi connectivity index (χ3v) is 5.32. The Hall–Kier alpha value is -1.69. The molecule has 4 heterocycles. The highest BCUT2D eigenvalue weighted by atomic mass is 16.5. The standard InChI is InChI=1S/C20H28N4O/c1-15-13-24(14-16(2)25-15)11-10-23-8-5-17(6-9-23)19-12-22-20-18(19)4-3-7-21-20/h3-5,7,12,15-16H,6,8-11,13-14H2,1-2H3,(H,21,22). The summed E-state index contributed by atoms with van der Waals surface area (Å²) in [6.45, 7) is 10.9. The van der Waals surface area contributed by atoms with Crippen molar-refractivity contribution in [2.24, 2.45) is 0 Å². The number of nitrogens with zero attached hydrogens (tertiary/aromatic N) is 3. The fourth-order valence-electron chi connectivity index (χ4n) is 4.13. The van der Waals surface area contributed by atoms with Crippen LogP contribution >= 0.6 is 0 Å². The van der Waals surface area contributed by atoms with Gasteiger partial charge in [0, 0.05) is 62.6 Å². The number of hydrogen-bond donors (Lipinski definition) is 1. The molecule has 0 bridgehead atoms. The second-order valence-electron chi connectivity index (χ2n) is 7.40. The smallest absolute Gasteiger partial charge is 0.137 e. The summed E-state index contributed by atoms with van der Waals surface area (Å²) in [6.07, 6.45) is 8.16. The van der Waals surface area contributed by atoms with Crippen molar-refractivity contribution in [1.29, 1.82) is 0 Å². The van der Waals surface area contributed by atoms with E-state index < -0.39 is 0 Å². The van der Waals surface area contributed by atoms with Gasteiger partial charge in [0.1, 0.15) is 5.65 Å². The number of hydrogen-bond acceptors (Lipinski definition) is 4. The molecule has 2 aromatic heterocycles. The summed E-state index contributed by atoms with van der Waals surface area (Å²) in [5, 5.41) is 1.23. The van der Waals surface area contributed by atoms with E-state index >= 15 is 0 Å². The molecule has 2 aromatic rings. The Morgan fingerprint density at radius 3 is 2.76 bits per heavy atom. The normalized spacial score (nSPS) is 26.1. The van der Waals surface area contributed by atoms with Crippen LogP contribution in [0.2, 0.25) is 0 Å². The highest BCUT2D eigenvalue weighted by Crippen LogP contribution is 2.28. The summed E-state index contributed by atoms with van der Waals surface area (Å²) in [5.41, 5.74) is 3.75. The molecule has 1 N–H and O–H groups in total. The second-order valence-corrected chi connectivity index (χ2v) is 7.40. The van der Waals surface area contributed by atoms with E-state index in [2.05, 4.69) is 52.0 Å². The minimum absolute atomic E-state index is 0.354. The molecule has 0 radical (unpaired) electrons. The quantitative estimate of drug-likeness (QED) is 0.929. The number of H-pyrrole nitrogens is 1. The fraction of sp³-hybridized carbons (Fsp3) is 0.550.